The number of aromatic nitrogens is 3. The summed E-state index contributed by atoms with van der Waals surface area (Å²) in [5.41, 5.74) is 8.45. The monoisotopic (exact) mass is 401 g/mol. The Kier molecular flexibility index (Phi) is 5.20. The highest BCUT2D eigenvalue weighted by Crippen LogP contribution is 2.40. The van der Waals surface area contributed by atoms with Crippen molar-refractivity contribution in [3.8, 4) is 0 Å². The van der Waals surface area contributed by atoms with E-state index in [1.54, 1.807) is 0 Å². The van der Waals surface area contributed by atoms with Crippen molar-refractivity contribution in [2.75, 3.05) is 19.7 Å². The Morgan fingerprint density at radius 1 is 1.32 bits per heavy atom. The molecule has 2 aromatic heterocycles. The smallest absolute Gasteiger partial charge is 0.273 e. The molecule has 1 amide bonds. The Morgan fingerprint density at radius 3 is 2.79 bits per heavy atom. The van der Waals surface area contributed by atoms with Crippen LogP contribution >= 0.6 is 11.3 Å². The maximum Gasteiger partial charge on any atom is 0.273 e. The fraction of sp³-hybridized carbons (Fsp3) is 0.600. The van der Waals surface area contributed by atoms with E-state index in [0.29, 0.717) is 25.4 Å². The van der Waals surface area contributed by atoms with Crippen LogP contribution in [0.3, 0.4) is 0 Å². The zero-order chi connectivity index (χ0) is 19.9. The first-order valence-electron chi connectivity index (χ1n) is 9.87. The van der Waals surface area contributed by atoms with Gasteiger partial charge in [-0.1, -0.05) is 13.8 Å². The van der Waals surface area contributed by atoms with Crippen molar-refractivity contribution in [3.05, 3.63) is 39.4 Å². The number of likely N-dealkylation sites (tertiary alicyclic amines) is 1. The summed E-state index contributed by atoms with van der Waals surface area (Å²) in [5.74, 6) is 1.03. The van der Waals surface area contributed by atoms with Gasteiger partial charge in [-0.25, -0.2) is 15.0 Å². The first kappa shape index (κ1) is 19.4. The lowest BCUT2D eigenvalue weighted by Crippen LogP contribution is -2.49. The predicted molar refractivity (Wildman–Crippen MR) is 107 cm³/mol. The van der Waals surface area contributed by atoms with Crippen LogP contribution in [0.25, 0.3) is 0 Å². The van der Waals surface area contributed by atoms with Crippen molar-refractivity contribution in [3.63, 3.8) is 0 Å². The Bertz CT molecular complexity index is 873. The van der Waals surface area contributed by atoms with Gasteiger partial charge in [0.15, 0.2) is 0 Å². The molecule has 2 aliphatic rings. The Hall–Kier alpha value is -1.90. The molecular weight excluding hydrogens is 374 g/mol. The molecule has 2 aromatic rings. The van der Waals surface area contributed by atoms with Crippen molar-refractivity contribution in [2.45, 2.75) is 51.7 Å². The summed E-state index contributed by atoms with van der Waals surface area (Å²) in [6.45, 7) is 7.96. The third-order valence-electron chi connectivity index (χ3n) is 5.77. The van der Waals surface area contributed by atoms with Crippen molar-refractivity contribution in [1.82, 2.24) is 19.9 Å². The maximum absolute atomic E-state index is 12.9. The minimum atomic E-state index is -0.398. The number of aryl methyl sites for hydroxylation is 1. The lowest BCUT2D eigenvalue weighted by molar-refractivity contribution is -0.0969. The van der Waals surface area contributed by atoms with E-state index in [2.05, 4.69) is 23.8 Å². The molecule has 4 heterocycles. The van der Waals surface area contributed by atoms with Crippen LogP contribution in [-0.2, 0) is 16.8 Å². The molecule has 0 bridgehead atoms. The largest absolute Gasteiger partial charge is 0.368 e. The molecule has 0 aromatic carbocycles. The molecule has 2 N–H and O–H groups in total. The maximum atomic E-state index is 12.9. The van der Waals surface area contributed by atoms with Gasteiger partial charge >= 0.3 is 0 Å². The summed E-state index contributed by atoms with van der Waals surface area (Å²) in [6.07, 6.45) is 4.25. The molecule has 28 heavy (non-hydrogen) atoms. The molecule has 0 unspecified atom stereocenters. The van der Waals surface area contributed by atoms with Gasteiger partial charge in [-0.2, -0.15) is 0 Å². The van der Waals surface area contributed by atoms with E-state index in [-0.39, 0.29) is 17.9 Å². The summed E-state index contributed by atoms with van der Waals surface area (Å²) in [7, 11) is 0. The summed E-state index contributed by atoms with van der Waals surface area (Å²) >= 11 is 1.47. The van der Waals surface area contributed by atoms with Crippen molar-refractivity contribution >= 4 is 17.2 Å². The number of carbonyl (C=O) groups excluding carboxylic acids is 1. The number of ether oxygens (including phenoxy) is 1. The molecule has 8 heteroatoms. The fourth-order valence-electron chi connectivity index (χ4n) is 3.94. The number of carbonyl (C=O) groups is 1. The first-order chi connectivity index (χ1) is 13.4. The van der Waals surface area contributed by atoms with Gasteiger partial charge in [0.1, 0.15) is 22.1 Å². The lowest BCUT2D eigenvalue weighted by atomic mass is 9.83. The van der Waals surface area contributed by atoms with Crippen molar-refractivity contribution in [2.24, 2.45) is 11.7 Å². The van der Waals surface area contributed by atoms with Crippen LogP contribution in [0.15, 0.2) is 11.6 Å². The van der Waals surface area contributed by atoms with Gasteiger partial charge in [-0.05, 0) is 37.7 Å². The van der Waals surface area contributed by atoms with E-state index >= 15 is 0 Å². The molecule has 2 aliphatic heterocycles. The number of nitrogens with two attached hydrogens (primary N) is 1. The molecule has 0 radical (unpaired) electrons. The summed E-state index contributed by atoms with van der Waals surface area (Å²) in [5, 5.41) is 2.65. The predicted octanol–water partition coefficient (Wildman–Crippen LogP) is 2.60. The Balaban J connectivity index is 1.48. The number of thiazole rings is 1. The van der Waals surface area contributed by atoms with Gasteiger partial charge in [-0.15, -0.1) is 11.3 Å². The van der Waals surface area contributed by atoms with E-state index < -0.39 is 5.60 Å². The third kappa shape index (κ3) is 3.44. The molecular formula is C20H27N5O2S. The highest BCUT2D eigenvalue weighted by Gasteiger charge is 2.43. The highest BCUT2D eigenvalue weighted by atomic mass is 32.1. The number of fused-ring (bicyclic) bond motifs is 2. The zero-order valence-electron chi connectivity index (χ0n) is 16.6. The van der Waals surface area contributed by atoms with Gasteiger partial charge in [0, 0.05) is 24.7 Å². The molecule has 1 spiro atoms. The van der Waals surface area contributed by atoms with Crippen LogP contribution in [0, 0.1) is 12.8 Å². The molecule has 1 atom stereocenters. The van der Waals surface area contributed by atoms with E-state index in [1.165, 1.54) is 16.9 Å². The van der Waals surface area contributed by atoms with Crippen LogP contribution in [0.5, 0.6) is 0 Å². The number of amides is 1. The average molecular weight is 402 g/mol. The topological polar surface area (TPSA) is 94.2 Å². The first-order valence-corrected chi connectivity index (χ1v) is 10.7. The average Bonchev–Trinajstić information content (AvgIpc) is 3.18. The molecule has 1 fully saturated rings. The van der Waals surface area contributed by atoms with Crippen molar-refractivity contribution < 1.29 is 9.53 Å². The summed E-state index contributed by atoms with van der Waals surface area (Å²) in [6, 6.07) is -0.133. The molecule has 1 saturated heterocycles. The Labute approximate surface area is 169 Å². The summed E-state index contributed by atoms with van der Waals surface area (Å²) in [4.78, 5) is 28.3. The highest BCUT2D eigenvalue weighted by molar-refractivity contribution is 7.09. The quantitative estimate of drug-likeness (QED) is 0.850. The van der Waals surface area contributed by atoms with E-state index in [1.807, 2.05) is 23.4 Å². The van der Waals surface area contributed by atoms with Crippen LogP contribution in [0.2, 0.25) is 0 Å². The van der Waals surface area contributed by atoms with Gasteiger partial charge < -0.3 is 15.4 Å². The molecule has 7 nitrogen and oxygen atoms in total. The standard InChI is InChI=1S/C20H27N5O2S/c1-12(2)16(21)18-24-15(11-28-18)19(26)25-7-5-20(6-8-25)17-14(4-9-27-20)10-22-13(3)23-17/h10-12,16H,4-9,21H2,1-3H3/t16-/m1/s1. The number of hydrogen-bond donors (Lipinski definition) is 1. The van der Waals surface area contributed by atoms with Gasteiger partial charge in [0.25, 0.3) is 5.91 Å². The minimum absolute atomic E-state index is 0.0248. The van der Waals surface area contributed by atoms with E-state index in [0.717, 1.165) is 35.8 Å². The number of nitrogens with zero attached hydrogens (tertiary/aromatic N) is 4. The van der Waals surface area contributed by atoms with Gasteiger partial charge in [-0.3, -0.25) is 4.79 Å². The SMILES string of the molecule is Cc1ncc2c(n1)C1(CCN(C(=O)c3csc([C@H](N)C(C)C)n3)CC1)OCC2. The molecule has 0 saturated carbocycles. The Morgan fingerprint density at radius 2 is 2.07 bits per heavy atom. The normalized spacial score (nSPS) is 19.7. The van der Waals surface area contributed by atoms with Gasteiger partial charge in [0.05, 0.1) is 18.3 Å². The third-order valence-corrected chi connectivity index (χ3v) is 6.72. The zero-order valence-corrected chi connectivity index (χ0v) is 17.5. The van der Waals surface area contributed by atoms with E-state index in [9.17, 15) is 4.79 Å². The van der Waals surface area contributed by atoms with E-state index in [4.69, 9.17) is 15.5 Å². The fourth-order valence-corrected chi connectivity index (χ4v) is 4.90. The second-order valence-electron chi connectivity index (χ2n) is 8.02. The second-order valence-corrected chi connectivity index (χ2v) is 8.91. The lowest BCUT2D eigenvalue weighted by Gasteiger charge is -2.43. The van der Waals surface area contributed by atoms with Crippen LogP contribution in [-0.4, -0.2) is 45.5 Å². The van der Waals surface area contributed by atoms with Crippen LogP contribution in [0.4, 0.5) is 0 Å². The number of hydrogen-bond acceptors (Lipinski definition) is 7. The number of rotatable bonds is 3. The van der Waals surface area contributed by atoms with Crippen LogP contribution < -0.4 is 5.73 Å². The minimum Gasteiger partial charge on any atom is -0.368 e. The van der Waals surface area contributed by atoms with Crippen LogP contribution in [0.1, 0.15) is 65.3 Å². The molecule has 0 aliphatic carbocycles. The number of piperidine rings is 1. The van der Waals surface area contributed by atoms with Gasteiger partial charge in [0.2, 0.25) is 0 Å². The second kappa shape index (κ2) is 7.50. The molecule has 150 valence electrons. The summed E-state index contributed by atoms with van der Waals surface area (Å²) < 4.78 is 6.23. The molecule has 4 rings (SSSR count). The van der Waals surface area contributed by atoms with Crippen molar-refractivity contribution in [1.29, 1.82) is 0 Å².